The van der Waals surface area contributed by atoms with Crippen LogP contribution in [0.4, 0.5) is 5.69 Å². The van der Waals surface area contributed by atoms with Crippen molar-refractivity contribution >= 4 is 28.6 Å². The summed E-state index contributed by atoms with van der Waals surface area (Å²) in [5, 5.41) is 7.86. The number of hydrogen-bond acceptors (Lipinski definition) is 6. The largest absolute Gasteiger partial charge is 0.465 e. The Kier molecular flexibility index (Phi) is 5.35. The van der Waals surface area contributed by atoms with Crippen LogP contribution in [-0.4, -0.2) is 46.8 Å². The van der Waals surface area contributed by atoms with Gasteiger partial charge in [0, 0.05) is 11.7 Å². The predicted octanol–water partition coefficient (Wildman–Crippen LogP) is 2.09. The zero-order chi connectivity index (χ0) is 19.4. The molecule has 0 bridgehead atoms. The van der Waals surface area contributed by atoms with Crippen LogP contribution >= 0.6 is 0 Å². The van der Waals surface area contributed by atoms with E-state index < -0.39 is 5.97 Å². The van der Waals surface area contributed by atoms with E-state index in [1.165, 1.54) is 7.11 Å². The Morgan fingerprint density at radius 2 is 1.89 bits per heavy atom. The van der Waals surface area contributed by atoms with Gasteiger partial charge in [0.25, 0.3) is 5.91 Å². The van der Waals surface area contributed by atoms with Crippen molar-refractivity contribution in [2.45, 2.75) is 19.9 Å². The Labute approximate surface area is 156 Å². The van der Waals surface area contributed by atoms with Crippen LogP contribution in [0.2, 0.25) is 0 Å². The molecule has 0 saturated heterocycles. The second-order valence-corrected chi connectivity index (χ2v) is 6.12. The van der Waals surface area contributed by atoms with Gasteiger partial charge >= 0.3 is 5.97 Å². The lowest BCUT2D eigenvalue weighted by atomic mass is 10.2. The Morgan fingerprint density at radius 1 is 1.15 bits per heavy atom. The zero-order valence-corrected chi connectivity index (χ0v) is 15.3. The van der Waals surface area contributed by atoms with E-state index in [0.29, 0.717) is 16.6 Å². The second kappa shape index (κ2) is 7.86. The molecule has 8 heteroatoms. The van der Waals surface area contributed by atoms with Gasteiger partial charge in [-0.25, -0.2) is 4.79 Å². The third kappa shape index (κ3) is 3.89. The van der Waals surface area contributed by atoms with E-state index in [2.05, 4.69) is 10.3 Å². The van der Waals surface area contributed by atoms with Crippen molar-refractivity contribution in [1.82, 2.24) is 15.2 Å². The van der Waals surface area contributed by atoms with E-state index >= 15 is 0 Å². The summed E-state index contributed by atoms with van der Waals surface area (Å²) in [5.41, 5.74) is 2.15. The third-order valence-electron chi connectivity index (χ3n) is 3.97. The van der Waals surface area contributed by atoms with Crippen LogP contribution in [-0.2, 0) is 9.53 Å². The number of rotatable bonds is 6. The van der Waals surface area contributed by atoms with Crippen molar-refractivity contribution in [3.63, 3.8) is 0 Å². The van der Waals surface area contributed by atoms with Gasteiger partial charge in [-0.05, 0) is 49.4 Å². The SMILES string of the molecule is COC(=O)c1ccc2nnn(OCC(=O)N(c3ccccc3)C(C)C)c2c1. The lowest BCUT2D eigenvalue weighted by molar-refractivity contribution is -0.124. The minimum absolute atomic E-state index is 0.0399. The smallest absolute Gasteiger partial charge is 0.337 e. The fourth-order valence-corrected chi connectivity index (χ4v) is 2.74. The first kappa shape index (κ1) is 18.4. The van der Waals surface area contributed by atoms with Crippen LogP contribution in [0.15, 0.2) is 48.5 Å². The maximum absolute atomic E-state index is 12.7. The predicted molar refractivity (Wildman–Crippen MR) is 99.4 cm³/mol. The summed E-state index contributed by atoms with van der Waals surface area (Å²) in [6.07, 6.45) is 0. The van der Waals surface area contributed by atoms with E-state index in [1.54, 1.807) is 23.1 Å². The van der Waals surface area contributed by atoms with Crippen LogP contribution in [0.1, 0.15) is 24.2 Å². The van der Waals surface area contributed by atoms with Gasteiger partial charge in [0.15, 0.2) is 6.61 Å². The number of carbonyl (C=O) groups is 2. The third-order valence-corrected chi connectivity index (χ3v) is 3.97. The first-order chi connectivity index (χ1) is 13.0. The molecule has 0 spiro atoms. The highest BCUT2D eigenvalue weighted by molar-refractivity contribution is 5.95. The summed E-state index contributed by atoms with van der Waals surface area (Å²) in [7, 11) is 1.31. The van der Waals surface area contributed by atoms with Gasteiger partial charge in [0.2, 0.25) is 0 Å². The van der Waals surface area contributed by atoms with E-state index in [-0.39, 0.29) is 18.6 Å². The number of hydrogen-bond donors (Lipinski definition) is 0. The quantitative estimate of drug-likeness (QED) is 0.619. The van der Waals surface area contributed by atoms with Crippen molar-refractivity contribution < 1.29 is 19.2 Å². The standard InChI is InChI=1S/C19H20N4O4/c1-13(2)22(15-7-5-4-6-8-15)18(24)12-27-23-17-11-14(19(25)26-3)9-10-16(17)20-21-23/h4-11,13H,12H2,1-3H3. The average Bonchev–Trinajstić information content (AvgIpc) is 3.08. The van der Waals surface area contributed by atoms with Gasteiger partial charge in [-0.2, -0.15) is 0 Å². The molecule has 0 aliphatic carbocycles. The lowest BCUT2D eigenvalue weighted by Gasteiger charge is -2.26. The van der Waals surface area contributed by atoms with Gasteiger partial charge in [0.05, 0.1) is 12.7 Å². The summed E-state index contributed by atoms with van der Waals surface area (Å²) in [6, 6.07) is 14.1. The molecule has 8 nitrogen and oxygen atoms in total. The van der Waals surface area contributed by atoms with E-state index in [0.717, 1.165) is 10.5 Å². The number of fused-ring (bicyclic) bond motifs is 1. The first-order valence-electron chi connectivity index (χ1n) is 8.45. The number of nitrogens with zero attached hydrogens (tertiary/aromatic N) is 4. The molecule has 0 aliphatic rings. The molecule has 0 atom stereocenters. The van der Waals surface area contributed by atoms with Crippen molar-refractivity contribution in [3.8, 4) is 0 Å². The minimum atomic E-state index is -0.476. The molecule has 0 radical (unpaired) electrons. The number of anilines is 1. The molecule has 1 amide bonds. The molecule has 0 N–H and O–H groups in total. The summed E-state index contributed by atoms with van der Waals surface area (Å²) < 4.78 is 4.72. The number of carbonyl (C=O) groups excluding carboxylic acids is 2. The number of ether oxygens (including phenoxy) is 1. The zero-order valence-electron chi connectivity index (χ0n) is 15.3. The summed E-state index contributed by atoms with van der Waals surface area (Å²) in [5.74, 6) is -0.695. The lowest BCUT2D eigenvalue weighted by Crippen LogP contribution is -2.41. The van der Waals surface area contributed by atoms with Gasteiger partial charge in [0.1, 0.15) is 11.0 Å². The molecule has 1 aromatic heterocycles. The molecule has 1 heterocycles. The molecule has 2 aromatic carbocycles. The summed E-state index contributed by atoms with van der Waals surface area (Å²) in [6.45, 7) is 3.63. The highest BCUT2D eigenvalue weighted by Crippen LogP contribution is 2.17. The number of methoxy groups -OCH3 is 1. The van der Waals surface area contributed by atoms with Gasteiger partial charge < -0.3 is 14.5 Å². The molecule has 0 fully saturated rings. The van der Waals surface area contributed by atoms with Crippen molar-refractivity contribution in [3.05, 3.63) is 54.1 Å². The van der Waals surface area contributed by atoms with Gasteiger partial charge in [-0.3, -0.25) is 4.79 Å². The topological polar surface area (TPSA) is 86.5 Å². The maximum Gasteiger partial charge on any atom is 0.337 e. The van der Waals surface area contributed by atoms with Crippen LogP contribution < -0.4 is 9.74 Å². The molecule has 0 aliphatic heterocycles. The number of benzene rings is 2. The minimum Gasteiger partial charge on any atom is -0.465 e. The maximum atomic E-state index is 12.7. The number of aromatic nitrogens is 3. The molecule has 140 valence electrons. The number of para-hydroxylation sites is 1. The van der Waals surface area contributed by atoms with Crippen molar-refractivity contribution in [2.24, 2.45) is 0 Å². The molecule has 27 heavy (non-hydrogen) atoms. The van der Waals surface area contributed by atoms with E-state index in [4.69, 9.17) is 9.57 Å². The second-order valence-electron chi connectivity index (χ2n) is 6.12. The van der Waals surface area contributed by atoms with Gasteiger partial charge in [-0.15, -0.1) is 5.10 Å². The molecule has 3 aromatic rings. The van der Waals surface area contributed by atoms with Gasteiger partial charge in [-0.1, -0.05) is 23.0 Å². The summed E-state index contributed by atoms with van der Waals surface area (Å²) in [4.78, 5) is 32.7. The Balaban J connectivity index is 1.79. The number of esters is 1. The molecular formula is C19H20N4O4. The normalized spacial score (nSPS) is 10.8. The van der Waals surface area contributed by atoms with Crippen LogP contribution in [0.5, 0.6) is 0 Å². The van der Waals surface area contributed by atoms with Crippen LogP contribution in [0.3, 0.4) is 0 Å². The Morgan fingerprint density at radius 3 is 2.56 bits per heavy atom. The highest BCUT2D eigenvalue weighted by atomic mass is 16.7. The molecule has 0 saturated carbocycles. The van der Waals surface area contributed by atoms with Crippen molar-refractivity contribution in [2.75, 3.05) is 18.6 Å². The van der Waals surface area contributed by atoms with Crippen molar-refractivity contribution in [1.29, 1.82) is 0 Å². The number of amides is 1. The Bertz CT molecular complexity index is 953. The fraction of sp³-hybridized carbons (Fsp3) is 0.263. The van der Waals surface area contributed by atoms with E-state index in [1.807, 2.05) is 44.2 Å². The monoisotopic (exact) mass is 368 g/mol. The highest BCUT2D eigenvalue weighted by Gasteiger charge is 2.20. The molecule has 3 rings (SSSR count). The molecule has 0 unspecified atom stereocenters. The van der Waals surface area contributed by atoms with Crippen LogP contribution in [0, 0.1) is 0 Å². The Hall–Kier alpha value is -3.42. The van der Waals surface area contributed by atoms with E-state index in [9.17, 15) is 9.59 Å². The van der Waals surface area contributed by atoms with Crippen LogP contribution in [0.25, 0.3) is 11.0 Å². The summed E-state index contributed by atoms with van der Waals surface area (Å²) >= 11 is 0. The molecular weight excluding hydrogens is 348 g/mol. The fourth-order valence-electron chi connectivity index (χ4n) is 2.74. The average molecular weight is 368 g/mol. The first-order valence-corrected chi connectivity index (χ1v) is 8.45.